The van der Waals surface area contributed by atoms with Gasteiger partial charge in [0.05, 0.1) is 28.2 Å². The summed E-state index contributed by atoms with van der Waals surface area (Å²) in [7, 11) is 0. The van der Waals surface area contributed by atoms with Gasteiger partial charge >= 0.3 is 0 Å². The molecular formula is C32H38Cl3N5O3. The summed E-state index contributed by atoms with van der Waals surface area (Å²) in [6.07, 6.45) is 7.99. The number of hydrogen-bond donors (Lipinski definition) is 2. The molecule has 0 aliphatic carbocycles. The monoisotopic (exact) mass is 645 g/mol. The molecule has 1 atom stereocenters. The SMILES string of the molecule is CC(=O)N(Cc1cc(Cl)c(Cl)c(Cl)c1)C(=O)C(Cc1c[nH]c2ccccc12)NC(=O)CN1CCC(N2CCCCC2)CC1. The topological polar surface area (TPSA) is 88.8 Å². The smallest absolute Gasteiger partial charge is 0.252 e. The summed E-state index contributed by atoms with van der Waals surface area (Å²) in [6.45, 7) is 5.49. The van der Waals surface area contributed by atoms with Crippen LogP contribution in [0.4, 0.5) is 0 Å². The summed E-state index contributed by atoms with van der Waals surface area (Å²) in [5, 5.41) is 4.60. The van der Waals surface area contributed by atoms with Gasteiger partial charge in [-0.3, -0.25) is 24.2 Å². The van der Waals surface area contributed by atoms with Crippen LogP contribution in [0.1, 0.15) is 50.2 Å². The van der Waals surface area contributed by atoms with Gasteiger partial charge in [-0.1, -0.05) is 59.4 Å². The Kier molecular flexibility index (Phi) is 10.7. The highest BCUT2D eigenvalue weighted by Crippen LogP contribution is 2.32. The number of fused-ring (bicyclic) bond motifs is 1. The molecule has 0 radical (unpaired) electrons. The Balaban J connectivity index is 1.30. The van der Waals surface area contributed by atoms with E-state index in [2.05, 4.69) is 20.1 Å². The molecule has 230 valence electrons. The minimum absolute atomic E-state index is 0.0605. The third-order valence-corrected chi connectivity index (χ3v) is 9.79. The van der Waals surface area contributed by atoms with E-state index in [1.807, 2.05) is 30.5 Å². The maximum Gasteiger partial charge on any atom is 0.252 e. The Labute approximate surface area is 267 Å². The Hall–Kier alpha value is -2.62. The number of imide groups is 1. The molecule has 0 saturated carbocycles. The van der Waals surface area contributed by atoms with E-state index in [0.717, 1.165) is 47.3 Å². The first-order valence-corrected chi connectivity index (χ1v) is 16.1. The van der Waals surface area contributed by atoms with Crippen molar-refractivity contribution in [3.8, 4) is 0 Å². The average molecular weight is 647 g/mol. The Morgan fingerprint density at radius 3 is 2.35 bits per heavy atom. The molecule has 2 aromatic carbocycles. The summed E-state index contributed by atoms with van der Waals surface area (Å²) in [5.74, 6) is -1.20. The van der Waals surface area contributed by atoms with Crippen LogP contribution in [0.2, 0.25) is 15.1 Å². The third-order valence-electron chi connectivity index (χ3n) is 8.59. The highest BCUT2D eigenvalue weighted by molar-refractivity contribution is 6.48. The Bertz CT molecular complexity index is 1440. The number of piperidine rings is 2. The molecule has 8 nitrogen and oxygen atoms in total. The second-order valence-electron chi connectivity index (χ2n) is 11.6. The van der Waals surface area contributed by atoms with Gasteiger partial charge in [0.15, 0.2) is 0 Å². The number of para-hydroxylation sites is 1. The Morgan fingerprint density at radius 2 is 1.67 bits per heavy atom. The fourth-order valence-electron chi connectivity index (χ4n) is 6.30. The lowest BCUT2D eigenvalue weighted by molar-refractivity contribution is -0.147. The number of rotatable bonds is 9. The first kappa shape index (κ1) is 31.8. The maximum absolute atomic E-state index is 14.0. The van der Waals surface area contributed by atoms with E-state index in [1.54, 1.807) is 12.1 Å². The minimum Gasteiger partial charge on any atom is -0.361 e. The lowest BCUT2D eigenvalue weighted by Crippen LogP contribution is -2.54. The van der Waals surface area contributed by atoms with Gasteiger partial charge in [-0.05, 0) is 68.1 Å². The van der Waals surface area contributed by atoms with Gasteiger partial charge in [0, 0.05) is 49.6 Å². The molecule has 2 fully saturated rings. The van der Waals surface area contributed by atoms with Crippen molar-refractivity contribution in [3.63, 3.8) is 0 Å². The van der Waals surface area contributed by atoms with Gasteiger partial charge in [-0.25, -0.2) is 0 Å². The van der Waals surface area contributed by atoms with Crippen molar-refractivity contribution >= 4 is 63.4 Å². The quantitative estimate of drug-likeness (QED) is 0.292. The van der Waals surface area contributed by atoms with E-state index >= 15 is 0 Å². The molecule has 3 aromatic rings. The van der Waals surface area contributed by atoms with Crippen LogP contribution in [0.3, 0.4) is 0 Å². The molecule has 0 bridgehead atoms. The minimum atomic E-state index is -0.959. The van der Waals surface area contributed by atoms with Crippen LogP contribution < -0.4 is 5.32 Å². The van der Waals surface area contributed by atoms with Crippen LogP contribution in [0, 0.1) is 0 Å². The van der Waals surface area contributed by atoms with Crippen LogP contribution >= 0.6 is 34.8 Å². The lowest BCUT2D eigenvalue weighted by atomic mass is 10.00. The number of aromatic amines is 1. The van der Waals surface area contributed by atoms with Crippen molar-refractivity contribution in [2.24, 2.45) is 0 Å². The molecule has 2 N–H and O–H groups in total. The van der Waals surface area contributed by atoms with Gasteiger partial charge in [0.2, 0.25) is 11.8 Å². The van der Waals surface area contributed by atoms with Crippen molar-refractivity contribution in [2.75, 3.05) is 32.7 Å². The van der Waals surface area contributed by atoms with Crippen LogP contribution in [0.5, 0.6) is 0 Å². The Morgan fingerprint density at radius 1 is 1.00 bits per heavy atom. The number of hydrogen-bond acceptors (Lipinski definition) is 5. The van der Waals surface area contributed by atoms with E-state index < -0.39 is 17.9 Å². The molecule has 3 heterocycles. The fraction of sp³-hybridized carbons (Fsp3) is 0.469. The first-order chi connectivity index (χ1) is 20.7. The van der Waals surface area contributed by atoms with E-state index in [1.165, 1.54) is 39.3 Å². The number of nitrogens with zero attached hydrogens (tertiary/aromatic N) is 3. The highest BCUT2D eigenvalue weighted by atomic mass is 35.5. The predicted molar refractivity (Wildman–Crippen MR) is 172 cm³/mol. The van der Waals surface area contributed by atoms with Crippen molar-refractivity contribution in [3.05, 3.63) is 68.8 Å². The molecule has 2 aliphatic heterocycles. The lowest BCUT2D eigenvalue weighted by Gasteiger charge is -2.40. The summed E-state index contributed by atoms with van der Waals surface area (Å²) < 4.78 is 0. The standard InChI is InChI=1S/C32H38Cl3N5O3/c1-21(41)40(19-22-15-26(33)31(35)27(34)16-22)32(43)29(17-23-18-36-28-8-4-3-7-25(23)28)37-30(42)20-38-13-9-24(10-14-38)39-11-5-2-6-12-39/h3-4,7-8,15-16,18,24,29,36H,2,5-6,9-14,17,19-20H2,1H3,(H,37,42). The van der Waals surface area contributed by atoms with Gasteiger partial charge in [0.25, 0.3) is 5.91 Å². The van der Waals surface area contributed by atoms with Crippen LogP contribution in [0.15, 0.2) is 42.6 Å². The maximum atomic E-state index is 14.0. The van der Waals surface area contributed by atoms with Crippen molar-refractivity contribution in [1.82, 2.24) is 25.0 Å². The van der Waals surface area contributed by atoms with Crippen molar-refractivity contribution in [2.45, 2.75) is 64.1 Å². The van der Waals surface area contributed by atoms with E-state index in [4.69, 9.17) is 34.8 Å². The number of H-pyrrole nitrogens is 1. The zero-order valence-corrected chi connectivity index (χ0v) is 26.6. The third kappa shape index (κ3) is 7.91. The molecule has 2 aliphatic rings. The van der Waals surface area contributed by atoms with Crippen LogP contribution in [-0.2, 0) is 27.3 Å². The number of nitrogens with one attached hydrogen (secondary N) is 2. The molecule has 0 spiro atoms. The van der Waals surface area contributed by atoms with Crippen LogP contribution in [0.25, 0.3) is 10.9 Å². The van der Waals surface area contributed by atoms with Gasteiger partial charge < -0.3 is 15.2 Å². The molecule has 11 heteroatoms. The number of likely N-dealkylation sites (tertiary alicyclic amines) is 2. The second-order valence-corrected chi connectivity index (χ2v) is 12.8. The first-order valence-electron chi connectivity index (χ1n) is 15.0. The number of carbonyl (C=O) groups is 3. The summed E-state index contributed by atoms with van der Waals surface area (Å²) in [5.41, 5.74) is 2.36. The second kappa shape index (κ2) is 14.4. The van der Waals surface area contributed by atoms with Crippen LogP contribution in [-0.4, -0.2) is 82.2 Å². The molecule has 1 unspecified atom stereocenters. The van der Waals surface area contributed by atoms with Gasteiger partial charge in [-0.15, -0.1) is 0 Å². The summed E-state index contributed by atoms with van der Waals surface area (Å²) in [4.78, 5) is 49.3. The normalized spacial score (nSPS) is 17.6. The molecule has 5 rings (SSSR count). The van der Waals surface area contributed by atoms with Gasteiger partial charge in [0.1, 0.15) is 6.04 Å². The number of aromatic nitrogens is 1. The van der Waals surface area contributed by atoms with E-state index in [-0.39, 0.29) is 40.5 Å². The average Bonchev–Trinajstić information content (AvgIpc) is 3.41. The van der Waals surface area contributed by atoms with Gasteiger partial charge in [-0.2, -0.15) is 0 Å². The van der Waals surface area contributed by atoms with E-state index in [9.17, 15) is 14.4 Å². The zero-order valence-electron chi connectivity index (χ0n) is 24.4. The molecule has 2 saturated heterocycles. The van der Waals surface area contributed by atoms with Crippen molar-refractivity contribution in [1.29, 1.82) is 0 Å². The summed E-state index contributed by atoms with van der Waals surface area (Å²) in [6, 6.07) is 10.6. The highest BCUT2D eigenvalue weighted by Gasteiger charge is 2.31. The zero-order chi connectivity index (χ0) is 30.5. The number of halogens is 3. The largest absolute Gasteiger partial charge is 0.361 e. The molecule has 43 heavy (non-hydrogen) atoms. The molecular weight excluding hydrogens is 609 g/mol. The number of amides is 3. The molecule has 3 amide bonds. The number of benzene rings is 2. The molecule has 1 aromatic heterocycles. The fourth-order valence-corrected chi connectivity index (χ4v) is 6.95. The predicted octanol–water partition coefficient (Wildman–Crippen LogP) is 5.68. The van der Waals surface area contributed by atoms with Crippen molar-refractivity contribution < 1.29 is 14.4 Å². The van der Waals surface area contributed by atoms with E-state index in [0.29, 0.717) is 11.6 Å². The summed E-state index contributed by atoms with van der Waals surface area (Å²) >= 11 is 18.5. The number of carbonyl (C=O) groups excluding carboxylic acids is 3.